The molecule has 0 saturated heterocycles. The molecule has 2 aromatic rings. The molecule has 0 spiro atoms. The van der Waals surface area contributed by atoms with Crippen molar-refractivity contribution >= 4 is 17.3 Å². The molecule has 0 aliphatic heterocycles. The number of carboxylic acids is 1. The summed E-state index contributed by atoms with van der Waals surface area (Å²) in [7, 11) is 0. The lowest BCUT2D eigenvalue weighted by atomic mass is 10.1. The van der Waals surface area contributed by atoms with Crippen molar-refractivity contribution in [1.82, 2.24) is 4.98 Å². The highest BCUT2D eigenvalue weighted by Crippen LogP contribution is 2.30. The summed E-state index contributed by atoms with van der Waals surface area (Å²) in [5.41, 5.74) is 0.928. The molecule has 0 saturated carbocycles. The van der Waals surface area contributed by atoms with Gasteiger partial charge >= 0.3 is 5.97 Å². The van der Waals surface area contributed by atoms with Crippen LogP contribution in [-0.2, 0) is 0 Å². The molecule has 0 aliphatic carbocycles. The van der Waals surface area contributed by atoms with Crippen LogP contribution in [0.4, 0.5) is 8.78 Å². The van der Waals surface area contributed by atoms with Gasteiger partial charge in [-0.15, -0.1) is 11.3 Å². The molecule has 2 rings (SSSR count). The molecule has 1 aromatic carbocycles. The largest absolute Gasteiger partial charge is 0.476 e. The van der Waals surface area contributed by atoms with E-state index in [4.69, 9.17) is 5.11 Å². The third-order valence-corrected chi connectivity index (χ3v) is 2.80. The van der Waals surface area contributed by atoms with Crippen LogP contribution in [0.2, 0.25) is 0 Å². The Morgan fingerprint density at radius 1 is 1.38 bits per heavy atom. The Labute approximate surface area is 93.0 Å². The average Bonchev–Trinajstić information content (AvgIpc) is 2.70. The molecule has 82 valence electrons. The molecule has 1 N–H and O–H groups in total. The normalized spacial score (nSPS) is 10.4. The van der Waals surface area contributed by atoms with Gasteiger partial charge in [0.15, 0.2) is 5.69 Å². The average molecular weight is 241 g/mol. The molecular formula is C10H5F2NO2S. The maximum absolute atomic E-state index is 13.4. The number of carboxylic acid groups (broad SMARTS) is 1. The number of benzene rings is 1. The summed E-state index contributed by atoms with van der Waals surface area (Å²) in [5.74, 6) is -2.56. The second-order valence-corrected chi connectivity index (χ2v) is 3.81. The minimum Gasteiger partial charge on any atom is -0.476 e. The van der Waals surface area contributed by atoms with Crippen molar-refractivity contribution in [3.63, 3.8) is 0 Å². The summed E-state index contributed by atoms with van der Waals surface area (Å²) in [5, 5.41) is 8.80. The maximum Gasteiger partial charge on any atom is 0.356 e. The Bertz CT molecular complexity index is 554. The zero-order valence-corrected chi connectivity index (χ0v) is 8.59. The van der Waals surface area contributed by atoms with Crippen molar-refractivity contribution in [3.05, 3.63) is 41.0 Å². The second kappa shape index (κ2) is 3.97. The minimum absolute atomic E-state index is 0.0834. The van der Waals surface area contributed by atoms with Gasteiger partial charge in [0.25, 0.3) is 0 Å². The van der Waals surface area contributed by atoms with Gasteiger partial charge in [0.2, 0.25) is 0 Å². The summed E-state index contributed by atoms with van der Waals surface area (Å²) in [6, 6.07) is 2.88. The summed E-state index contributed by atoms with van der Waals surface area (Å²) < 4.78 is 26.3. The number of aromatic carboxylic acids is 1. The van der Waals surface area contributed by atoms with E-state index in [0.29, 0.717) is 0 Å². The van der Waals surface area contributed by atoms with Crippen molar-refractivity contribution < 1.29 is 18.7 Å². The maximum atomic E-state index is 13.4. The number of carbonyl (C=O) groups is 1. The number of rotatable bonds is 2. The van der Waals surface area contributed by atoms with Crippen LogP contribution in [-0.4, -0.2) is 16.1 Å². The van der Waals surface area contributed by atoms with Gasteiger partial charge in [0.05, 0.1) is 10.4 Å². The van der Waals surface area contributed by atoms with E-state index in [1.165, 1.54) is 5.51 Å². The highest BCUT2D eigenvalue weighted by atomic mass is 32.1. The Morgan fingerprint density at radius 2 is 2.12 bits per heavy atom. The van der Waals surface area contributed by atoms with Gasteiger partial charge in [0.1, 0.15) is 11.6 Å². The molecule has 0 aliphatic rings. The summed E-state index contributed by atoms with van der Waals surface area (Å²) in [6.45, 7) is 0. The minimum atomic E-state index is -1.26. The van der Waals surface area contributed by atoms with E-state index in [1.807, 2.05) is 0 Å². The number of nitrogens with zero attached hydrogens (tertiary/aromatic N) is 1. The van der Waals surface area contributed by atoms with Crippen molar-refractivity contribution in [1.29, 1.82) is 0 Å². The number of aromatic nitrogens is 1. The fourth-order valence-electron chi connectivity index (χ4n) is 1.26. The topological polar surface area (TPSA) is 50.2 Å². The van der Waals surface area contributed by atoms with Gasteiger partial charge < -0.3 is 5.11 Å². The standard InChI is InChI=1S/C10H5F2NO2S/c11-5-1-2-7(12)6(3-5)9-8(10(14)15)13-4-16-9/h1-4H,(H,14,15). The lowest BCUT2D eigenvalue weighted by Gasteiger charge is -2.01. The molecule has 0 unspecified atom stereocenters. The number of thiazole rings is 1. The highest BCUT2D eigenvalue weighted by Gasteiger charge is 2.18. The Morgan fingerprint density at radius 3 is 2.81 bits per heavy atom. The fourth-order valence-corrected chi connectivity index (χ4v) is 2.06. The van der Waals surface area contributed by atoms with Gasteiger partial charge in [-0.3, -0.25) is 0 Å². The van der Waals surface area contributed by atoms with Crippen molar-refractivity contribution in [3.8, 4) is 10.4 Å². The first kappa shape index (κ1) is 10.7. The Balaban J connectivity index is 2.62. The molecule has 0 amide bonds. The highest BCUT2D eigenvalue weighted by molar-refractivity contribution is 7.13. The molecule has 1 aromatic heterocycles. The first-order chi connectivity index (χ1) is 7.59. The first-order valence-electron chi connectivity index (χ1n) is 4.22. The second-order valence-electron chi connectivity index (χ2n) is 2.96. The van der Waals surface area contributed by atoms with Crippen LogP contribution in [0.25, 0.3) is 10.4 Å². The summed E-state index contributed by atoms with van der Waals surface area (Å²) in [6.07, 6.45) is 0. The van der Waals surface area contributed by atoms with E-state index < -0.39 is 17.6 Å². The van der Waals surface area contributed by atoms with Crippen LogP contribution in [0.15, 0.2) is 23.7 Å². The molecule has 0 bridgehead atoms. The molecule has 0 radical (unpaired) electrons. The predicted octanol–water partition coefficient (Wildman–Crippen LogP) is 2.79. The van der Waals surface area contributed by atoms with Gasteiger partial charge in [-0.25, -0.2) is 18.6 Å². The van der Waals surface area contributed by atoms with Crippen LogP contribution in [0.1, 0.15) is 10.5 Å². The van der Waals surface area contributed by atoms with Crippen LogP contribution in [0, 0.1) is 11.6 Å². The van der Waals surface area contributed by atoms with Crippen LogP contribution in [0.3, 0.4) is 0 Å². The SMILES string of the molecule is O=C(O)c1ncsc1-c1cc(F)ccc1F. The smallest absolute Gasteiger partial charge is 0.356 e. The lowest BCUT2D eigenvalue weighted by Crippen LogP contribution is -1.99. The number of hydrogen-bond donors (Lipinski definition) is 1. The summed E-state index contributed by atoms with van der Waals surface area (Å²) in [4.78, 5) is 14.5. The molecule has 3 nitrogen and oxygen atoms in total. The monoisotopic (exact) mass is 241 g/mol. The fraction of sp³-hybridized carbons (Fsp3) is 0. The van der Waals surface area contributed by atoms with Crippen molar-refractivity contribution in [2.75, 3.05) is 0 Å². The predicted molar refractivity (Wildman–Crippen MR) is 54.4 cm³/mol. The first-order valence-corrected chi connectivity index (χ1v) is 5.10. The van der Waals surface area contributed by atoms with Crippen molar-refractivity contribution in [2.24, 2.45) is 0 Å². The zero-order valence-electron chi connectivity index (χ0n) is 7.78. The van der Waals surface area contributed by atoms with Crippen LogP contribution < -0.4 is 0 Å². The molecule has 16 heavy (non-hydrogen) atoms. The van der Waals surface area contributed by atoms with Gasteiger partial charge in [-0.05, 0) is 18.2 Å². The van der Waals surface area contributed by atoms with Gasteiger partial charge in [0, 0.05) is 5.56 Å². The molecule has 0 fully saturated rings. The lowest BCUT2D eigenvalue weighted by molar-refractivity contribution is 0.0692. The van der Waals surface area contributed by atoms with Crippen LogP contribution >= 0.6 is 11.3 Å². The molecular weight excluding hydrogens is 236 g/mol. The quantitative estimate of drug-likeness (QED) is 0.879. The Hall–Kier alpha value is -1.82. The Kier molecular flexibility index (Phi) is 2.66. The van der Waals surface area contributed by atoms with E-state index in [1.54, 1.807) is 0 Å². The molecule has 1 heterocycles. The number of hydrogen-bond acceptors (Lipinski definition) is 3. The van der Waals surface area contributed by atoms with Gasteiger partial charge in [-0.2, -0.15) is 0 Å². The molecule has 6 heteroatoms. The third kappa shape index (κ3) is 1.79. The van der Waals surface area contributed by atoms with E-state index in [2.05, 4.69) is 4.98 Å². The van der Waals surface area contributed by atoms with E-state index in [9.17, 15) is 13.6 Å². The van der Waals surface area contributed by atoms with Gasteiger partial charge in [-0.1, -0.05) is 0 Å². The van der Waals surface area contributed by atoms with E-state index >= 15 is 0 Å². The van der Waals surface area contributed by atoms with Crippen LogP contribution in [0.5, 0.6) is 0 Å². The van der Waals surface area contributed by atoms with E-state index in [0.717, 1.165) is 29.5 Å². The number of halogens is 2. The summed E-state index contributed by atoms with van der Waals surface area (Å²) >= 11 is 0.955. The molecule has 0 atom stereocenters. The van der Waals surface area contributed by atoms with Crippen molar-refractivity contribution in [2.45, 2.75) is 0 Å². The van der Waals surface area contributed by atoms with E-state index in [-0.39, 0.29) is 16.1 Å². The third-order valence-electron chi connectivity index (χ3n) is 1.94. The zero-order chi connectivity index (χ0) is 11.7.